The van der Waals surface area contributed by atoms with E-state index in [0.29, 0.717) is 12.8 Å². The lowest BCUT2D eigenvalue weighted by molar-refractivity contribution is -0.127. The molecule has 0 aromatic rings. The molecular weight excluding hydrogens is 238 g/mol. The molecule has 0 aliphatic carbocycles. The summed E-state index contributed by atoms with van der Waals surface area (Å²) in [6, 6.07) is 0. The summed E-state index contributed by atoms with van der Waals surface area (Å²) in [7, 11) is 3.50. The SMILES string of the molecule is CCCC/C=C/C(=C/CC(=O)N(C)C)CCC(C)=O. The van der Waals surface area contributed by atoms with Crippen molar-refractivity contribution in [2.75, 3.05) is 14.1 Å². The average Bonchev–Trinajstić information content (AvgIpc) is 2.35. The number of Topliss-reactive ketones (excluding diaryl/α,β-unsaturated/α-hetero) is 1. The Morgan fingerprint density at radius 1 is 1.16 bits per heavy atom. The summed E-state index contributed by atoms with van der Waals surface area (Å²) >= 11 is 0. The van der Waals surface area contributed by atoms with Gasteiger partial charge in [-0.3, -0.25) is 4.79 Å². The Morgan fingerprint density at radius 3 is 2.37 bits per heavy atom. The van der Waals surface area contributed by atoms with Gasteiger partial charge in [0, 0.05) is 26.9 Å². The Hall–Kier alpha value is -1.38. The summed E-state index contributed by atoms with van der Waals surface area (Å²) < 4.78 is 0. The van der Waals surface area contributed by atoms with Crippen molar-refractivity contribution in [1.82, 2.24) is 4.90 Å². The van der Waals surface area contributed by atoms with Gasteiger partial charge in [0.05, 0.1) is 0 Å². The average molecular weight is 265 g/mol. The molecule has 3 nitrogen and oxygen atoms in total. The maximum atomic E-state index is 11.6. The van der Waals surface area contributed by atoms with Gasteiger partial charge in [0.2, 0.25) is 5.91 Å². The van der Waals surface area contributed by atoms with E-state index in [1.54, 1.807) is 25.9 Å². The highest BCUT2D eigenvalue weighted by molar-refractivity contribution is 5.77. The fourth-order valence-electron chi connectivity index (χ4n) is 1.53. The molecule has 19 heavy (non-hydrogen) atoms. The zero-order valence-electron chi connectivity index (χ0n) is 12.7. The molecule has 0 fully saturated rings. The van der Waals surface area contributed by atoms with Crippen LogP contribution in [-0.4, -0.2) is 30.7 Å². The van der Waals surface area contributed by atoms with Crippen LogP contribution in [0.25, 0.3) is 0 Å². The smallest absolute Gasteiger partial charge is 0.225 e. The second kappa shape index (κ2) is 10.5. The predicted molar refractivity (Wildman–Crippen MR) is 80.0 cm³/mol. The minimum atomic E-state index is 0.0854. The molecule has 0 saturated heterocycles. The number of rotatable bonds is 9. The van der Waals surface area contributed by atoms with E-state index in [-0.39, 0.29) is 11.7 Å². The normalized spacial score (nSPS) is 11.9. The molecule has 0 atom stereocenters. The predicted octanol–water partition coefficient (Wildman–Crippen LogP) is 3.51. The number of nitrogens with zero attached hydrogens (tertiary/aromatic N) is 1. The van der Waals surface area contributed by atoms with Gasteiger partial charge in [0.15, 0.2) is 0 Å². The van der Waals surface area contributed by atoms with E-state index in [2.05, 4.69) is 19.1 Å². The first-order valence-corrected chi connectivity index (χ1v) is 7.02. The van der Waals surface area contributed by atoms with Crippen LogP contribution in [0.2, 0.25) is 0 Å². The van der Waals surface area contributed by atoms with Gasteiger partial charge in [-0.15, -0.1) is 0 Å². The van der Waals surface area contributed by atoms with Crippen LogP contribution in [0.4, 0.5) is 0 Å². The van der Waals surface area contributed by atoms with Crippen molar-refractivity contribution in [2.24, 2.45) is 0 Å². The highest BCUT2D eigenvalue weighted by atomic mass is 16.2. The number of ketones is 1. The second-order valence-electron chi connectivity index (χ2n) is 5.02. The summed E-state index contributed by atoms with van der Waals surface area (Å²) in [4.78, 5) is 24.2. The Balaban J connectivity index is 4.46. The van der Waals surface area contributed by atoms with Gasteiger partial charge >= 0.3 is 0 Å². The highest BCUT2D eigenvalue weighted by Crippen LogP contribution is 2.10. The van der Waals surface area contributed by atoms with Crippen molar-refractivity contribution in [3.63, 3.8) is 0 Å². The van der Waals surface area contributed by atoms with Crippen LogP contribution in [0.1, 0.15) is 52.4 Å². The van der Waals surface area contributed by atoms with E-state index >= 15 is 0 Å². The van der Waals surface area contributed by atoms with Crippen molar-refractivity contribution in [3.8, 4) is 0 Å². The van der Waals surface area contributed by atoms with Gasteiger partial charge < -0.3 is 9.69 Å². The summed E-state index contributed by atoms with van der Waals surface area (Å²) in [6.45, 7) is 3.76. The van der Waals surface area contributed by atoms with Gasteiger partial charge in [-0.2, -0.15) is 0 Å². The van der Waals surface area contributed by atoms with Crippen molar-refractivity contribution in [1.29, 1.82) is 0 Å². The Kier molecular flexibility index (Phi) is 9.77. The molecule has 0 aliphatic heterocycles. The molecule has 3 heteroatoms. The number of amides is 1. The third-order valence-corrected chi connectivity index (χ3v) is 2.86. The van der Waals surface area contributed by atoms with Gasteiger partial charge in [-0.1, -0.05) is 43.6 Å². The van der Waals surface area contributed by atoms with Crippen molar-refractivity contribution in [3.05, 3.63) is 23.8 Å². The number of hydrogen-bond acceptors (Lipinski definition) is 2. The number of carbonyl (C=O) groups is 2. The maximum Gasteiger partial charge on any atom is 0.225 e. The molecule has 0 aromatic carbocycles. The van der Waals surface area contributed by atoms with E-state index in [1.807, 2.05) is 6.08 Å². The molecule has 1 amide bonds. The maximum absolute atomic E-state index is 11.6. The van der Waals surface area contributed by atoms with Crippen LogP contribution in [0, 0.1) is 0 Å². The third kappa shape index (κ3) is 10.2. The molecule has 0 aliphatic rings. The lowest BCUT2D eigenvalue weighted by atomic mass is 10.1. The summed E-state index contributed by atoms with van der Waals surface area (Å²) in [5, 5.41) is 0. The van der Waals surface area contributed by atoms with Gasteiger partial charge in [0.25, 0.3) is 0 Å². The van der Waals surface area contributed by atoms with Crippen molar-refractivity contribution in [2.45, 2.75) is 52.4 Å². The molecule has 0 saturated carbocycles. The topological polar surface area (TPSA) is 37.4 Å². The zero-order chi connectivity index (χ0) is 14.7. The zero-order valence-corrected chi connectivity index (χ0v) is 12.7. The fourth-order valence-corrected chi connectivity index (χ4v) is 1.53. The van der Waals surface area contributed by atoms with Crippen LogP contribution < -0.4 is 0 Å². The van der Waals surface area contributed by atoms with E-state index < -0.39 is 0 Å². The van der Waals surface area contributed by atoms with Crippen molar-refractivity contribution < 1.29 is 9.59 Å². The number of carbonyl (C=O) groups excluding carboxylic acids is 2. The molecule has 0 N–H and O–H groups in total. The number of hydrogen-bond donors (Lipinski definition) is 0. The minimum Gasteiger partial charge on any atom is -0.349 e. The van der Waals surface area contributed by atoms with Crippen LogP contribution in [0.3, 0.4) is 0 Å². The first-order valence-electron chi connectivity index (χ1n) is 7.02. The van der Waals surface area contributed by atoms with Crippen LogP contribution in [0.15, 0.2) is 23.8 Å². The second-order valence-corrected chi connectivity index (χ2v) is 5.02. The Morgan fingerprint density at radius 2 is 1.84 bits per heavy atom. The lowest BCUT2D eigenvalue weighted by Gasteiger charge is -2.08. The van der Waals surface area contributed by atoms with Crippen LogP contribution >= 0.6 is 0 Å². The minimum absolute atomic E-state index is 0.0854. The largest absolute Gasteiger partial charge is 0.349 e. The molecule has 0 spiro atoms. The van der Waals surface area contributed by atoms with Crippen LogP contribution in [-0.2, 0) is 9.59 Å². The summed E-state index contributed by atoms with van der Waals surface area (Å²) in [5.41, 5.74) is 1.08. The quantitative estimate of drug-likeness (QED) is 0.472. The third-order valence-electron chi connectivity index (χ3n) is 2.86. The molecule has 108 valence electrons. The molecule has 0 heterocycles. The van der Waals surface area contributed by atoms with Crippen LogP contribution in [0.5, 0.6) is 0 Å². The molecular formula is C16H27NO2. The standard InChI is InChI=1S/C16H27NO2/c1-5-6-7-8-9-15(11-10-14(2)18)12-13-16(19)17(3)4/h8-9,12H,5-7,10-11,13H2,1-4H3/b9-8+,15-12-. The van der Waals surface area contributed by atoms with Gasteiger partial charge in [-0.25, -0.2) is 0 Å². The molecule has 0 bridgehead atoms. The molecule has 0 rings (SSSR count). The van der Waals surface area contributed by atoms with E-state index in [1.165, 1.54) is 12.8 Å². The lowest BCUT2D eigenvalue weighted by Crippen LogP contribution is -2.20. The number of unbranched alkanes of at least 4 members (excludes halogenated alkanes) is 2. The number of allylic oxidation sites excluding steroid dienone is 3. The first kappa shape index (κ1) is 17.6. The summed E-state index contributed by atoms with van der Waals surface area (Å²) in [5.74, 6) is 0.272. The highest BCUT2D eigenvalue weighted by Gasteiger charge is 2.03. The first-order chi connectivity index (χ1) is 8.97. The molecule has 0 unspecified atom stereocenters. The van der Waals surface area contributed by atoms with Gasteiger partial charge in [-0.05, 0) is 19.8 Å². The summed E-state index contributed by atoms with van der Waals surface area (Å²) in [6.07, 6.45) is 11.2. The molecule has 0 radical (unpaired) electrons. The molecule has 0 aromatic heterocycles. The Bertz CT molecular complexity index is 341. The fraction of sp³-hybridized carbons (Fsp3) is 0.625. The van der Waals surface area contributed by atoms with Crippen molar-refractivity contribution >= 4 is 11.7 Å². The van der Waals surface area contributed by atoms with E-state index in [0.717, 1.165) is 18.4 Å². The van der Waals surface area contributed by atoms with E-state index in [4.69, 9.17) is 0 Å². The Labute approximate surface area is 117 Å². The monoisotopic (exact) mass is 265 g/mol. The van der Waals surface area contributed by atoms with Gasteiger partial charge in [0.1, 0.15) is 5.78 Å². The van der Waals surface area contributed by atoms with E-state index in [9.17, 15) is 9.59 Å².